The summed E-state index contributed by atoms with van der Waals surface area (Å²) in [6, 6.07) is 11.2. The van der Waals surface area contributed by atoms with Crippen LogP contribution in [0.25, 0.3) is 0 Å². The van der Waals surface area contributed by atoms with Gasteiger partial charge in [0.05, 0.1) is 31.6 Å². The predicted molar refractivity (Wildman–Crippen MR) is 129 cm³/mol. The van der Waals surface area contributed by atoms with Crippen LogP contribution in [0.1, 0.15) is 43.5 Å². The van der Waals surface area contributed by atoms with Crippen LogP contribution >= 0.6 is 0 Å². The topological polar surface area (TPSA) is 129 Å². The molecule has 35 heavy (non-hydrogen) atoms. The molecule has 0 radical (unpaired) electrons. The van der Waals surface area contributed by atoms with Gasteiger partial charge in [-0.2, -0.15) is 0 Å². The van der Waals surface area contributed by atoms with Gasteiger partial charge in [-0.25, -0.2) is 4.79 Å². The van der Waals surface area contributed by atoms with Crippen molar-refractivity contribution in [2.45, 2.75) is 39.2 Å². The molecule has 0 aromatic heterocycles. The van der Waals surface area contributed by atoms with E-state index >= 15 is 0 Å². The first kappa shape index (κ1) is 27.2. The Balaban J connectivity index is 1.69. The van der Waals surface area contributed by atoms with Crippen LogP contribution in [0.5, 0.6) is 11.5 Å². The zero-order valence-corrected chi connectivity index (χ0v) is 20.2. The van der Waals surface area contributed by atoms with Gasteiger partial charge in [-0.3, -0.25) is 14.4 Å². The Morgan fingerprint density at radius 1 is 0.857 bits per heavy atom. The first-order chi connectivity index (χ1) is 16.7. The van der Waals surface area contributed by atoms with Gasteiger partial charge in [-0.15, -0.1) is 0 Å². The molecule has 2 aromatic rings. The standard InChI is InChI=1S/C25H30N2O8/c1-16(2)35-25(31)17-8-10-18(11-9-17)26-22(28)6-5-7-24(30)34-15-23(29)27-20-13-12-19(32-3)14-21(20)33-4/h8-14,16H,5-7,15H2,1-4H3,(H,26,28)(H,27,29). The number of nitrogens with one attached hydrogen (secondary N) is 2. The minimum atomic E-state index is -0.595. The summed E-state index contributed by atoms with van der Waals surface area (Å²) in [7, 11) is 2.97. The molecule has 0 heterocycles. The molecule has 2 N–H and O–H groups in total. The van der Waals surface area contributed by atoms with Crippen molar-refractivity contribution < 1.29 is 38.1 Å². The van der Waals surface area contributed by atoms with Gasteiger partial charge in [0.25, 0.3) is 5.91 Å². The Bertz CT molecular complexity index is 1030. The van der Waals surface area contributed by atoms with Gasteiger partial charge in [-0.1, -0.05) is 0 Å². The highest BCUT2D eigenvalue weighted by Gasteiger charge is 2.13. The third-order valence-electron chi connectivity index (χ3n) is 4.58. The highest BCUT2D eigenvalue weighted by molar-refractivity contribution is 5.95. The van der Waals surface area contributed by atoms with Crippen LogP contribution in [0.2, 0.25) is 0 Å². The summed E-state index contributed by atoms with van der Waals surface area (Å²) in [5.41, 5.74) is 1.31. The van der Waals surface area contributed by atoms with Crippen molar-refractivity contribution in [2.75, 3.05) is 31.5 Å². The van der Waals surface area contributed by atoms with E-state index in [1.54, 1.807) is 56.3 Å². The number of anilines is 2. The molecule has 0 saturated carbocycles. The molecular formula is C25H30N2O8. The van der Waals surface area contributed by atoms with Crippen molar-refractivity contribution in [1.82, 2.24) is 0 Å². The molecular weight excluding hydrogens is 456 g/mol. The summed E-state index contributed by atoms with van der Waals surface area (Å²) in [6.45, 7) is 3.06. The second kappa shape index (κ2) is 13.6. The average molecular weight is 487 g/mol. The first-order valence-corrected chi connectivity index (χ1v) is 11.0. The fraction of sp³-hybridized carbons (Fsp3) is 0.360. The van der Waals surface area contributed by atoms with E-state index in [1.807, 2.05) is 0 Å². The number of carbonyl (C=O) groups excluding carboxylic acids is 4. The lowest BCUT2D eigenvalue weighted by Crippen LogP contribution is -2.21. The second-order valence-corrected chi connectivity index (χ2v) is 7.71. The summed E-state index contributed by atoms with van der Waals surface area (Å²) < 4.78 is 20.4. The second-order valence-electron chi connectivity index (χ2n) is 7.71. The summed E-state index contributed by atoms with van der Waals surface area (Å²) in [4.78, 5) is 47.9. The number of hydrogen-bond acceptors (Lipinski definition) is 8. The molecule has 10 nitrogen and oxygen atoms in total. The van der Waals surface area contributed by atoms with Crippen molar-refractivity contribution >= 4 is 35.1 Å². The van der Waals surface area contributed by atoms with Gasteiger partial charge in [0, 0.05) is 24.6 Å². The zero-order valence-electron chi connectivity index (χ0n) is 20.2. The smallest absolute Gasteiger partial charge is 0.338 e. The van der Waals surface area contributed by atoms with Gasteiger partial charge in [-0.05, 0) is 56.7 Å². The van der Waals surface area contributed by atoms with Gasteiger partial charge in [0.2, 0.25) is 5.91 Å². The Kier molecular flexibility index (Phi) is 10.5. The van der Waals surface area contributed by atoms with E-state index in [0.29, 0.717) is 28.4 Å². The molecule has 0 unspecified atom stereocenters. The monoisotopic (exact) mass is 486 g/mol. The maximum absolute atomic E-state index is 12.1. The first-order valence-electron chi connectivity index (χ1n) is 11.0. The van der Waals surface area contributed by atoms with Crippen LogP contribution in [0.4, 0.5) is 11.4 Å². The van der Waals surface area contributed by atoms with E-state index in [-0.39, 0.29) is 31.3 Å². The summed E-state index contributed by atoms with van der Waals surface area (Å²) in [5, 5.41) is 5.29. The average Bonchev–Trinajstić information content (AvgIpc) is 2.83. The van der Waals surface area contributed by atoms with E-state index in [0.717, 1.165) is 0 Å². The van der Waals surface area contributed by atoms with Gasteiger partial charge < -0.3 is 29.6 Å². The molecule has 188 valence electrons. The van der Waals surface area contributed by atoms with E-state index in [2.05, 4.69) is 10.6 Å². The summed E-state index contributed by atoms with van der Waals surface area (Å²) in [5.74, 6) is -0.880. The fourth-order valence-corrected chi connectivity index (χ4v) is 2.89. The van der Waals surface area contributed by atoms with Crippen LogP contribution in [-0.4, -0.2) is 50.7 Å². The number of ether oxygens (including phenoxy) is 4. The molecule has 0 saturated heterocycles. The van der Waals surface area contributed by atoms with Gasteiger partial charge >= 0.3 is 11.9 Å². The predicted octanol–water partition coefficient (Wildman–Crippen LogP) is 3.56. The molecule has 0 aliphatic rings. The molecule has 2 amide bonds. The van der Waals surface area contributed by atoms with Crippen molar-refractivity contribution in [3.05, 3.63) is 48.0 Å². The summed E-state index contributed by atoms with van der Waals surface area (Å²) in [6.07, 6.45) is 0.0887. The van der Waals surface area contributed by atoms with Crippen LogP contribution < -0.4 is 20.1 Å². The number of carbonyl (C=O) groups is 4. The van der Waals surface area contributed by atoms with E-state index in [4.69, 9.17) is 18.9 Å². The number of esters is 2. The lowest BCUT2D eigenvalue weighted by atomic mass is 10.2. The third kappa shape index (κ3) is 9.36. The van der Waals surface area contributed by atoms with Crippen LogP contribution in [0.15, 0.2) is 42.5 Å². The fourth-order valence-electron chi connectivity index (χ4n) is 2.89. The molecule has 0 aliphatic carbocycles. The highest BCUT2D eigenvalue weighted by Crippen LogP contribution is 2.28. The van der Waals surface area contributed by atoms with E-state index in [9.17, 15) is 19.2 Å². The number of methoxy groups -OCH3 is 2. The van der Waals surface area contributed by atoms with Crippen molar-refractivity contribution in [2.24, 2.45) is 0 Å². The van der Waals surface area contributed by atoms with Crippen molar-refractivity contribution in [3.63, 3.8) is 0 Å². The largest absolute Gasteiger partial charge is 0.497 e. The minimum Gasteiger partial charge on any atom is -0.497 e. The van der Waals surface area contributed by atoms with Crippen LogP contribution in [0.3, 0.4) is 0 Å². The van der Waals surface area contributed by atoms with Gasteiger partial charge in [0.1, 0.15) is 11.5 Å². The number of amides is 2. The normalized spacial score (nSPS) is 10.3. The number of rotatable bonds is 12. The zero-order chi connectivity index (χ0) is 25.8. The lowest BCUT2D eigenvalue weighted by Gasteiger charge is -2.12. The number of hydrogen-bond donors (Lipinski definition) is 2. The van der Waals surface area contributed by atoms with Crippen LogP contribution in [-0.2, 0) is 23.9 Å². The quantitative estimate of drug-likeness (QED) is 0.436. The maximum atomic E-state index is 12.1. The molecule has 0 spiro atoms. The van der Waals surface area contributed by atoms with Crippen molar-refractivity contribution in [3.8, 4) is 11.5 Å². The Hall–Kier alpha value is -4.08. The van der Waals surface area contributed by atoms with E-state index < -0.39 is 24.5 Å². The van der Waals surface area contributed by atoms with Crippen molar-refractivity contribution in [1.29, 1.82) is 0 Å². The maximum Gasteiger partial charge on any atom is 0.338 e. The Labute approximate surface area is 203 Å². The van der Waals surface area contributed by atoms with Gasteiger partial charge in [0.15, 0.2) is 6.61 Å². The highest BCUT2D eigenvalue weighted by atomic mass is 16.5. The molecule has 0 aliphatic heterocycles. The molecule has 0 fully saturated rings. The SMILES string of the molecule is COc1ccc(NC(=O)COC(=O)CCCC(=O)Nc2ccc(C(=O)OC(C)C)cc2)c(OC)c1. The molecule has 2 rings (SSSR count). The van der Waals surface area contributed by atoms with E-state index in [1.165, 1.54) is 14.2 Å². The van der Waals surface area contributed by atoms with Crippen LogP contribution in [0, 0.1) is 0 Å². The Morgan fingerprint density at radius 3 is 2.20 bits per heavy atom. The number of benzene rings is 2. The third-order valence-corrected chi connectivity index (χ3v) is 4.58. The summed E-state index contributed by atoms with van der Waals surface area (Å²) >= 11 is 0. The minimum absolute atomic E-state index is 0.0213. The molecule has 0 bridgehead atoms. The lowest BCUT2D eigenvalue weighted by molar-refractivity contribution is -0.147. The Morgan fingerprint density at radius 2 is 1.57 bits per heavy atom. The molecule has 2 aromatic carbocycles. The molecule has 0 atom stereocenters. The molecule has 10 heteroatoms.